The van der Waals surface area contributed by atoms with E-state index in [9.17, 15) is 24.1 Å². The summed E-state index contributed by atoms with van der Waals surface area (Å²) >= 11 is 0. The summed E-state index contributed by atoms with van der Waals surface area (Å²) in [7, 11) is 0. The van der Waals surface area contributed by atoms with E-state index in [0.717, 1.165) is 12.1 Å². The highest BCUT2D eigenvalue weighted by molar-refractivity contribution is 5.94. The quantitative estimate of drug-likeness (QED) is 0.610. The summed E-state index contributed by atoms with van der Waals surface area (Å²) in [4.78, 5) is 31.8. The number of nitro groups is 1. The number of nitro benzene ring substituents is 1. The van der Waals surface area contributed by atoms with Crippen LogP contribution in [0.1, 0.15) is 30.1 Å². The number of carbonyl (C=O) groups excluding carboxylic acids is 1. The van der Waals surface area contributed by atoms with Gasteiger partial charge in [0.1, 0.15) is 5.82 Å². The van der Waals surface area contributed by atoms with Crippen molar-refractivity contribution in [3.05, 3.63) is 39.7 Å². The molecule has 8 heteroatoms. The van der Waals surface area contributed by atoms with Gasteiger partial charge in [0.05, 0.1) is 16.6 Å². The van der Waals surface area contributed by atoms with E-state index < -0.39 is 34.3 Å². The van der Waals surface area contributed by atoms with Gasteiger partial charge in [-0.2, -0.15) is 0 Å². The first-order chi connectivity index (χ1) is 9.31. The van der Waals surface area contributed by atoms with Gasteiger partial charge in [0, 0.05) is 18.5 Å². The number of carbonyl (C=O) groups is 2. The number of carboxylic acids is 1. The Bertz CT molecular complexity index is 547. The minimum Gasteiger partial charge on any atom is -0.481 e. The van der Waals surface area contributed by atoms with Crippen molar-refractivity contribution in [1.82, 2.24) is 5.32 Å². The zero-order valence-electron chi connectivity index (χ0n) is 10.6. The van der Waals surface area contributed by atoms with Crippen LogP contribution in [0.25, 0.3) is 0 Å². The third-order valence-corrected chi connectivity index (χ3v) is 2.58. The molecule has 0 aliphatic carbocycles. The predicted octanol–water partition coefficient (Wildman–Crippen LogP) is 1.72. The van der Waals surface area contributed by atoms with Crippen molar-refractivity contribution >= 4 is 17.6 Å². The molecule has 108 valence electrons. The Morgan fingerprint density at radius 1 is 1.50 bits per heavy atom. The number of nitrogens with zero attached hydrogens (tertiary/aromatic N) is 1. The van der Waals surface area contributed by atoms with Gasteiger partial charge in [0.15, 0.2) is 0 Å². The molecular formula is C12H13FN2O5. The zero-order valence-corrected chi connectivity index (χ0v) is 10.6. The lowest BCUT2D eigenvalue weighted by Gasteiger charge is -2.13. The van der Waals surface area contributed by atoms with Crippen LogP contribution in [0.15, 0.2) is 18.2 Å². The molecule has 7 nitrogen and oxygen atoms in total. The maximum Gasteiger partial charge on any atom is 0.303 e. The smallest absolute Gasteiger partial charge is 0.303 e. The molecule has 0 heterocycles. The number of halogens is 1. The maximum absolute atomic E-state index is 13.6. The van der Waals surface area contributed by atoms with Gasteiger partial charge in [0.2, 0.25) is 0 Å². The molecule has 1 atom stereocenters. The summed E-state index contributed by atoms with van der Waals surface area (Å²) in [5, 5.41) is 21.4. The van der Waals surface area contributed by atoms with Crippen LogP contribution in [0.3, 0.4) is 0 Å². The predicted molar refractivity (Wildman–Crippen MR) is 66.9 cm³/mol. The topological polar surface area (TPSA) is 110 Å². The van der Waals surface area contributed by atoms with Crippen molar-refractivity contribution in [3.63, 3.8) is 0 Å². The van der Waals surface area contributed by atoms with Gasteiger partial charge in [-0.05, 0) is 19.4 Å². The fourth-order valence-corrected chi connectivity index (χ4v) is 1.52. The fourth-order valence-electron chi connectivity index (χ4n) is 1.52. The third kappa shape index (κ3) is 4.30. The van der Waals surface area contributed by atoms with Crippen LogP contribution in [0.2, 0.25) is 0 Å². The SMILES string of the molecule is CC(CCC(=O)O)NC(=O)c1ccc([N+](=O)[O-])cc1F. The van der Waals surface area contributed by atoms with E-state index in [1.54, 1.807) is 6.92 Å². The van der Waals surface area contributed by atoms with Crippen LogP contribution in [-0.4, -0.2) is 27.9 Å². The van der Waals surface area contributed by atoms with Crippen LogP contribution >= 0.6 is 0 Å². The molecule has 0 fully saturated rings. The lowest BCUT2D eigenvalue weighted by atomic mass is 10.1. The molecule has 0 aliphatic heterocycles. The number of hydrogen-bond donors (Lipinski definition) is 2. The Kier molecular flexibility index (Phi) is 5.13. The zero-order chi connectivity index (χ0) is 15.3. The summed E-state index contributed by atoms with van der Waals surface area (Å²) in [5.41, 5.74) is -0.768. The molecule has 0 radical (unpaired) electrons. The van der Waals surface area contributed by atoms with Gasteiger partial charge < -0.3 is 10.4 Å². The Labute approximate surface area is 113 Å². The molecule has 0 bridgehead atoms. The van der Waals surface area contributed by atoms with E-state index in [1.807, 2.05) is 0 Å². The van der Waals surface area contributed by atoms with E-state index in [-0.39, 0.29) is 18.4 Å². The number of aliphatic carboxylic acids is 1. The molecule has 0 saturated heterocycles. The normalized spacial score (nSPS) is 11.7. The lowest BCUT2D eigenvalue weighted by molar-refractivity contribution is -0.385. The Morgan fingerprint density at radius 2 is 2.15 bits per heavy atom. The Morgan fingerprint density at radius 3 is 2.65 bits per heavy atom. The van der Waals surface area contributed by atoms with Crippen molar-refractivity contribution in [1.29, 1.82) is 0 Å². The highest BCUT2D eigenvalue weighted by Crippen LogP contribution is 2.16. The van der Waals surface area contributed by atoms with Gasteiger partial charge >= 0.3 is 5.97 Å². The van der Waals surface area contributed by atoms with Gasteiger partial charge in [-0.3, -0.25) is 19.7 Å². The molecule has 0 aliphatic rings. The molecule has 20 heavy (non-hydrogen) atoms. The number of hydrogen-bond acceptors (Lipinski definition) is 4. The summed E-state index contributed by atoms with van der Waals surface area (Å²) < 4.78 is 13.6. The number of rotatable bonds is 6. The molecule has 1 aromatic carbocycles. The first-order valence-corrected chi connectivity index (χ1v) is 5.78. The minimum absolute atomic E-state index is 0.121. The first-order valence-electron chi connectivity index (χ1n) is 5.78. The molecule has 0 spiro atoms. The Hall–Kier alpha value is -2.51. The van der Waals surface area contributed by atoms with Gasteiger partial charge in [-0.15, -0.1) is 0 Å². The maximum atomic E-state index is 13.6. The number of non-ortho nitro benzene ring substituents is 1. The van der Waals surface area contributed by atoms with Crippen molar-refractivity contribution in [2.75, 3.05) is 0 Å². The van der Waals surface area contributed by atoms with Crippen LogP contribution < -0.4 is 5.32 Å². The monoisotopic (exact) mass is 284 g/mol. The standard InChI is InChI=1S/C12H13FN2O5/c1-7(2-5-11(16)17)14-12(18)9-4-3-8(15(19)20)6-10(9)13/h3-4,6-7H,2,5H2,1H3,(H,14,18)(H,16,17). The van der Waals surface area contributed by atoms with Crippen molar-refractivity contribution < 1.29 is 24.0 Å². The largest absolute Gasteiger partial charge is 0.481 e. The van der Waals surface area contributed by atoms with E-state index in [2.05, 4.69) is 5.32 Å². The van der Waals surface area contributed by atoms with Gasteiger partial charge in [-0.1, -0.05) is 0 Å². The van der Waals surface area contributed by atoms with Crippen LogP contribution in [0.5, 0.6) is 0 Å². The van der Waals surface area contributed by atoms with E-state index in [0.29, 0.717) is 6.07 Å². The molecule has 1 unspecified atom stereocenters. The second kappa shape index (κ2) is 6.60. The first kappa shape index (κ1) is 15.5. The minimum atomic E-state index is -0.998. The van der Waals surface area contributed by atoms with Gasteiger partial charge in [-0.25, -0.2) is 4.39 Å². The van der Waals surface area contributed by atoms with Crippen LogP contribution in [-0.2, 0) is 4.79 Å². The summed E-state index contributed by atoms with van der Waals surface area (Å²) in [5.74, 6) is -2.73. The van der Waals surface area contributed by atoms with Gasteiger partial charge in [0.25, 0.3) is 11.6 Å². The van der Waals surface area contributed by atoms with Crippen molar-refractivity contribution in [2.24, 2.45) is 0 Å². The summed E-state index contributed by atoms with van der Waals surface area (Å²) in [6.07, 6.45) is 0.0832. The Balaban J connectivity index is 2.72. The van der Waals surface area contributed by atoms with E-state index in [1.165, 1.54) is 0 Å². The fraction of sp³-hybridized carbons (Fsp3) is 0.333. The molecule has 1 rings (SSSR count). The number of carboxylic acid groups (broad SMARTS) is 1. The second-order valence-corrected chi connectivity index (χ2v) is 4.23. The average molecular weight is 284 g/mol. The molecule has 0 saturated carbocycles. The number of amides is 1. The second-order valence-electron chi connectivity index (χ2n) is 4.23. The lowest BCUT2D eigenvalue weighted by Crippen LogP contribution is -2.33. The molecule has 0 aromatic heterocycles. The highest BCUT2D eigenvalue weighted by Gasteiger charge is 2.17. The molecule has 1 aromatic rings. The van der Waals surface area contributed by atoms with E-state index in [4.69, 9.17) is 5.11 Å². The van der Waals surface area contributed by atoms with Crippen molar-refractivity contribution in [3.8, 4) is 0 Å². The van der Waals surface area contributed by atoms with Crippen LogP contribution in [0, 0.1) is 15.9 Å². The summed E-state index contributed by atoms with van der Waals surface area (Å²) in [6, 6.07) is 2.26. The number of benzene rings is 1. The third-order valence-electron chi connectivity index (χ3n) is 2.58. The molecule has 2 N–H and O–H groups in total. The van der Waals surface area contributed by atoms with Crippen LogP contribution in [0.4, 0.5) is 10.1 Å². The van der Waals surface area contributed by atoms with Crippen molar-refractivity contribution in [2.45, 2.75) is 25.8 Å². The summed E-state index contributed by atoms with van der Waals surface area (Å²) in [6.45, 7) is 1.59. The number of nitrogens with one attached hydrogen (secondary N) is 1. The van der Waals surface area contributed by atoms with E-state index >= 15 is 0 Å². The molecular weight excluding hydrogens is 271 g/mol. The molecule has 1 amide bonds. The highest BCUT2D eigenvalue weighted by atomic mass is 19.1. The average Bonchev–Trinajstić information content (AvgIpc) is 2.35.